The maximum absolute atomic E-state index is 12.7. The van der Waals surface area contributed by atoms with Gasteiger partial charge in [0.25, 0.3) is 5.69 Å². The third-order valence-electron chi connectivity index (χ3n) is 5.14. The van der Waals surface area contributed by atoms with Crippen molar-refractivity contribution in [2.24, 2.45) is 0 Å². The molecular formula is C21H20N4O3. The average Bonchev–Trinajstić information content (AvgIpc) is 3.40. The van der Waals surface area contributed by atoms with E-state index in [0.29, 0.717) is 16.8 Å². The summed E-state index contributed by atoms with van der Waals surface area (Å²) in [5, 5.41) is 11.8. The highest BCUT2D eigenvalue weighted by Crippen LogP contribution is 2.35. The number of aromatic nitrogens is 2. The highest BCUT2D eigenvalue weighted by molar-refractivity contribution is 6.09. The van der Waals surface area contributed by atoms with Gasteiger partial charge in [-0.15, -0.1) is 0 Å². The molecule has 142 valence electrons. The third-order valence-corrected chi connectivity index (χ3v) is 5.14. The van der Waals surface area contributed by atoms with Crippen LogP contribution in [0.2, 0.25) is 0 Å². The lowest BCUT2D eigenvalue weighted by atomic mass is 10.0. The Morgan fingerprint density at radius 3 is 2.71 bits per heavy atom. The van der Waals surface area contributed by atoms with Gasteiger partial charge in [0.05, 0.1) is 11.3 Å². The highest BCUT2D eigenvalue weighted by Gasteiger charge is 2.30. The molecule has 1 aromatic heterocycles. The fourth-order valence-electron chi connectivity index (χ4n) is 3.79. The summed E-state index contributed by atoms with van der Waals surface area (Å²) in [5.74, 6) is -0.216. The van der Waals surface area contributed by atoms with Crippen LogP contribution in [0.1, 0.15) is 28.8 Å². The minimum Gasteiger partial charge on any atom is -0.361 e. The predicted octanol–water partition coefficient (Wildman–Crippen LogP) is 3.69. The molecule has 1 aliphatic heterocycles. The number of ketones is 1. The highest BCUT2D eigenvalue weighted by atomic mass is 16.6. The van der Waals surface area contributed by atoms with Crippen LogP contribution in [0.4, 0.5) is 11.4 Å². The molecule has 1 aliphatic rings. The second kappa shape index (κ2) is 7.64. The summed E-state index contributed by atoms with van der Waals surface area (Å²) in [5.41, 5.74) is 1.38. The summed E-state index contributed by atoms with van der Waals surface area (Å²) in [4.78, 5) is 30.2. The summed E-state index contributed by atoms with van der Waals surface area (Å²) in [7, 11) is 0. The van der Waals surface area contributed by atoms with E-state index in [1.165, 1.54) is 6.07 Å². The zero-order valence-electron chi connectivity index (χ0n) is 15.3. The Hall–Kier alpha value is -3.48. The molecule has 0 spiro atoms. The number of nitrogens with zero attached hydrogens (tertiary/aromatic N) is 4. The van der Waals surface area contributed by atoms with Crippen LogP contribution < -0.4 is 4.90 Å². The summed E-state index contributed by atoms with van der Waals surface area (Å²) in [6.07, 6.45) is 7.31. The van der Waals surface area contributed by atoms with Gasteiger partial charge in [-0.25, -0.2) is 4.98 Å². The number of benzene rings is 2. The van der Waals surface area contributed by atoms with Gasteiger partial charge >= 0.3 is 0 Å². The van der Waals surface area contributed by atoms with Crippen LogP contribution in [0.3, 0.4) is 0 Å². The molecule has 7 nitrogen and oxygen atoms in total. The van der Waals surface area contributed by atoms with E-state index in [1.807, 2.05) is 16.8 Å². The van der Waals surface area contributed by atoms with Crippen molar-refractivity contribution in [2.75, 3.05) is 11.4 Å². The second-order valence-electron chi connectivity index (χ2n) is 6.90. The molecule has 0 saturated carbocycles. The molecule has 1 fully saturated rings. The van der Waals surface area contributed by atoms with Crippen molar-refractivity contribution in [3.63, 3.8) is 0 Å². The van der Waals surface area contributed by atoms with E-state index in [-0.39, 0.29) is 17.5 Å². The molecule has 7 heteroatoms. The van der Waals surface area contributed by atoms with Crippen LogP contribution in [0.5, 0.6) is 0 Å². The van der Waals surface area contributed by atoms with Crippen molar-refractivity contribution < 1.29 is 9.72 Å². The fourth-order valence-corrected chi connectivity index (χ4v) is 3.79. The number of nitro benzene ring substituents is 1. The lowest BCUT2D eigenvalue weighted by molar-refractivity contribution is -0.384. The molecule has 1 atom stereocenters. The zero-order valence-corrected chi connectivity index (χ0v) is 15.3. The number of rotatable bonds is 6. The van der Waals surface area contributed by atoms with Crippen LogP contribution in [0.25, 0.3) is 0 Å². The van der Waals surface area contributed by atoms with Gasteiger partial charge in [-0.3, -0.25) is 14.9 Å². The topological polar surface area (TPSA) is 81.3 Å². The molecule has 1 unspecified atom stereocenters. The molecule has 1 saturated heterocycles. The van der Waals surface area contributed by atoms with E-state index in [4.69, 9.17) is 0 Å². The summed E-state index contributed by atoms with van der Waals surface area (Å²) < 4.78 is 1.99. The maximum atomic E-state index is 12.7. The zero-order chi connectivity index (χ0) is 19.5. The Balaban J connectivity index is 1.65. The van der Waals surface area contributed by atoms with Gasteiger partial charge in [0.2, 0.25) is 0 Å². The Morgan fingerprint density at radius 1 is 1.18 bits per heavy atom. The number of hydrogen-bond donors (Lipinski definition) is 0. The van der Waals surface area contributed by atoms with Gasteiger partial charge in [0, 0.05) is 48.7 Å². The predicted molar refractivity (Wildman–Crippen MR) is 106 cm³/mol. The Labute approximate surface area is 162 Å². The van der Waals surface area contributed by atoms with E-state index >= 15 is 0 Å². The molecule has 2 heterocycles. The number of carbonyl (C=O) groups is 1. The minimum atomic E-state index is -0.399. The van der Waals surface area contributed by atoms with Crippen LogP contribution in [-0.2, 0) is 6.54 Å². The first-order chi connectivity index (χ1) is 13.6. The molecule has 0 amide bonds. The van der Waals surface area contributed by atoms with Crippen LogP contribution >= 0.6 is 0 Å². The first-order valence-corrected chi connectivity index (χ1v) is 9.24. The Bertz CT molecular complexity index is 986. The van der Waals surface area contributed by atoms with Crippen molar-refractivity contribution in [3.8, 4) is 0 Å². The fraction of sp³-hybridized carbons (Fsp3) is 0.238. The number of anilines is 1. The van der Waals surface area contributed by atoms with Crippen molar-refractivity contribution in [1.29, 1.82) is 0 Å². The van der Waals surface area contributed by atoms with Gasteiger partial charge < -0.3 is 9.47 Å². The number of imidazole rings is 1. The Kier molecular flexibility index (Phi) is 4.89. The molecule has 0 radical (unpaired) electrons. The average molecular weight is 376 g/mol. The van der Waals surface area contributed by atoms with Crippen molar-refractivity contribution >= 4 is 17.2 Å². The summed E-state index contributed by atoms with van der Waals surface area (Å²) >= 11 is 0. The Morgan fingerprint density at radius 2 is 2.00 bits per heavy atom. The van der Waals surface area contributed by atoms with Crippen molar-refractivity contribution in [3.05, 3.63) is 88.5 Å². The summed E-state index contributed by atoms with van der Waals surface area (Å²) in [6.45, 7) is 1.48. The van der Waals surface area contributed by atoms with Crippen LogP contribution in [0.15, 0.2) is 67.3 Å². The number of hydrogen-bond acceptors (Lipinski definition) is 5. The lowest BCUT2D eigenvalue weighted by Crippen LogP contribution is -2.33. The molecule has 0 bridgehead atoms. The number of carbonyl (C=O) groups excluding carboxylic acids is 1. The minimum absolute atomic E-state index is 0.0284. The normalized spacial score (nSPS) is 16.3. The molecule has 0 aliphatic carbocycles. The second-order valence-corrected chi connectivity index (χ2v) is 6.90. The van der Waals surface area contributed by atoms with E-state index < -0.39 is 4.92 Å². The van der Waals surface area contributed by atoms with Crippen LogP contribution in [0, 0.1) is 10.1 Å². The number of nitro groups is 1. The summed E-state index contributed by atoms with van der Waals surface area (Å²) in [6, 6.07) is 13.8. The first-order valence-electron chi connectivity index (χ1n) is 9.24. The van der Waals surface area contributed by atoms with Crippen LogP contribution in [-0.4, -0.2) is 32.8 Å². The SMILES string of the molecule is O=C(c1ccccc1)c1ccc(N2CCCC2Cn2ccnc2)c([N+](=O)[O-])c1. The first kappa shape index (κ1) is 17.9. The molecule has 3 aromatic rings. The van der Waals surface area contributed by atoms with Gasteiger partial charge in [-0.1, -0.05) is 30.3 Å². The van der Waals surface area contributed by atoms with Crippen molar-refractivity contribution in [1.82, 2.24) is 9.55 Å². The van der Waals surface area contributed by atoms with E-state index in [1.54, 1.807) is 48.9 Å². The van der Waals surface area contributed by atoms with Gasteiger partial charge in [-0.2, -0.15) is 0 Å². The maximum Gasteiger partial charge on any atom is 0.293 e. The van der Waals surface area contributed by atoms with Gasteiger partial charge in [0.1, 0.15) is 5.69 Å². The molecular weight excluding hydrogens is 356 g/mol. The molecule has 2 aromatic carbocycles. The monoisotopic (exact) mass is 376 g/mol. The molecule has 28 heavy (non-hydrogen) atoms. The van der Waals surface area contributed by atoms with E-state index in [9.17, 15) is 14.9 Å². The smallest absolute Gasteiger partial charge is 0.293 e. The largest absolute Gasteiger partial charge is 0.361 e. The molecule has 0 N–H and O–H groups in total. The van der Waals surface area contributed by atoms with Gasteiger partial charge in [-0.05, 0) is 25.0 Å². The molecule has 4 rings (SSSR count). The van der Waals surface area contributed by atoms with Gasteiger partial charge in [0.15, 0.2) is 5.78 Å². The standard InChI is InChI=1S/C21H20N4O3/c26-21(16-5-2-1-3-6-16)17-8-9-19(20(13-17)25(27)28)24-11-4-7-18(24)14-23-12-10-22-15-23/h1-3,5-6,8-10,12-13,15,18H,4,7,11,14H2. The lowest BCUT2D eigenvalue weighted by Gasteiger charge is -2.27. The van der Waals surface area contributed by atoms with E-state index in [0.717, 1.165) is 25.9 Å². The van der Waals surface area contributed by atoms with Crippen molar-refractivity contribution in [2.45, 2.75) is 25.4 Å². The van der Waals surface area contributed by atoms with E-state index in [2.05, 4.69) is 9.88 Å². The third kappa shape index (κ3) is 3.51. The quantitative estimate of drug-likeness (QED) is 0.372.